The third kappa shape index (κ3) is 2.62. The smallest absolute Gasteiger partial charge is 0.0558 e. The van der Waals surface area contributed by atoms with Crippen molar-refractivity contribution in [1.29, 1.82) is 0 Å². The molecule has 4 nitrogen and oxygen atoms in total. The third-order valence-electron chi connectivity index (χ3n) is 3.52. The molecule has 1 fully saturated rings. The summed E-state index contributed by atoms with van der Waals surface area (Å²) >= 11 is 0. The van der Waals surface area contributed by atoms with Crippen LogP contribution in [0.5, 0.6) is 0 Å². The first-order valence-corrected chi connectivity index (χ1v) is 6.13. The van der Waals surface area contributed by atoms with Crippen LogP contribution in [-0.2, 0) is 13.6 Å². The molecule has 1 aromatic heterocycles. The summed E-state index contributed by atoms with van der Waals surface area (Å²) in [6, 6.07) is 2.71. The predicted molar refractivity (Wildman–Crippen MR) is 63.0 cm³/mol. The van der Waals surface area contributed by atoms with E-state index in [1.54, 1.807) is 0 Å². The molecule has 0 atom stereocenters. The van der Waals surface area contributed by atoms with Gasteiger partial charge in [0.25, 0.3) is 0 Å². The first kappa shape index (κ1) is 11.6. The molecule has 0 saturated heterocycles. The van der Waals surface area contributed by atoms with Crippen molar-refractivity contribution in [3.05, 3.63) is 18.0 Å². The summed E-state index contributed by atoms with van der Waals surface area (Å²) in [5, 5.41) is 13.3. The lowest BCUT2D eigenvalue weighted by molar-refractivity contribution is 0.142. The van der Waals surface area contributed by atoms with E-state index in [1.807, 2.05) is 17.9 Å². The highest BCUT2D eigenvalue weighted by Gasteiger charge is 2.22. The van der Waals surface area contributed by atoms with Crippen molar-refractivity contribution in [2.24, 2.45) is 7.05 Å². The van der Waals surface area contributed by atoms with Crippen LogP contribution in [0.4, 0.5) is 0 Å². The number of hydrogen-bond donors (Lipinski definition) is 1. The van der Waals surface area contributed by atoms with Crippen molar-refractivity contribution < 1.29 is 5.11 Å². The van der Waals surface area contributed by atoms with Crippen LogP contribution in [0.25, 0.3) is 0 Å². The molecule has 0 radical (unpaired) electrons. The fourth-order valence-corrected chi connectivity index (χ4v) is 2.55. The highest BCUT2D eigenvalue weighted by Crippen LogP contribution is 2.24. The number of aryl methyl sites for hydroxylation is 1. The van der Waals surface area contributed by atoms with Gasteiger partial charge < -0.3 is 5.11 Å². The van der Waals surface area contributed by atoms with Gasteiger partial charge in [0, 0.05) is 32.4 Å². The van der Waals surface area contributed by atoms with E-state index in [4.69, 9.17) is 5.11 Å². The molecule has 0 amide bonds. The Kier molecular flexibility index (Phi) is 3.96. The van der Waals surface area contributed by atoms with Gasteiger partial charge in [0.1, 0.15) is 0 Å². The minimum absolute atomic E-state index is 0.244. The molecular formula is C12H21N3O. The topological polar surface area (TPSA) is 41.3 Å². The quantitative estimate of drug-likeness (QED) is 0.814. The molecule has 1 N–H and O–H groups in total. The SMILES string of the molecule is Cn1nccc1CN(CCO)C1CCCC1. The molecule has 1 aliphatic carbocycles. The van der Waals surface area contributed by atoms with E-state index in [2.05, 4.69) is 16.1 Å². The molecule has 2 rings (SSSR count). The maximum absolute atomic E-state index is 9.13. The average Bonchev–Trinajstić information content (AvgIpc) is 2.90. The van der Waals surface area contributed by atoms with E-state index in [1.165, 1.54) is 31.4 Å². The summed E-state index contributed by atoms with van der Waals surface area (Å²) in [5.41, 5.74) is 1.22. The predicted octanol–water partition coefficient (Wildman–Crippen LogP) is 1.16. The van der Waals surface area contributed by atoms with Crippen LogP contribution in [0.1, 0.15) is 31.4 Å². The summed E-state index contributed by atoms with van der Waals surface area (Å²) in [6.45, 7) is 1.92. The number of nitrogens with zero attached hydrogens (tertiary/aromatic N) is 3. The summed E-state index contributed by atoms with van der Waals surface area (Å²) in [6.07, 6.45) is 7.05. The summed E-state index contributed by atoms with van der Waals surface area (Å²) in [5.74, 6) is 0. The number of aromatic nitrogens is 2. The Bertz CT molecular complexity index is 318. The molecule has 0 aromatic carbocycles. The summed E-state index contributed by atoms with van der Waals surface area (Å²) in [4.78, 5) is 2.39. The third-order valence-corrected chi connectivity index (χ3v) is 3.52. The fraction of sp³-hybridized carbons (Fsp3) is 0.750. The average molecular weight is 223 g/mol. The van der Waals surface area contributed by atoms with E-state index in [-0.39, 0.29) is 6.61 Å². The summed E-state index contributed by atoms with van der Waals surface area (Å²) in [7, 11) is 1.97. The second kappa shape index (κ2) is 5.46. The molecule has 0 spiro atoms. The van der Waals surface area contributed by atoms with Gasteiger partial charge in [0.15, 0.2) is 0 Å². The molecule has 4 heteroatoms. The maximum Gasteiger partial charge on any atom is 0.0558 e. The normalized spacial score (nSPS) is 17.4. The van der Waals surface area contributed by atoms with Crippen LogP contribution < -0.4 is 0 Å². The van der Waals surface area contributed by atoms with Gasteiger partial charge in [0.2, 0.25) is 0 Å². The Balaban J connectivity index is 1.99. The van der Waals surface area contributed by atoms with Crippen molar-refractivity contribution in [3.63, 3.8) is 0 Å². The Morgan fingerprint density at radius 2 is 2.25 bits per heavy atom. The van der Waals surface area contributed by atoms with Crippen molar-refractivity contribution >= 4 is 0 Å². The standard InChI is InChI=1S/C12H21N3O/c1-14-12(6-7-13-14)10-15(8-9-16)11-4-2-3-5-11/h6-7,11,16H,2-5,8-10H2,1H3. The van der Waals surface area contributed by atoms with Gasteiger partial charge in [-0.05, 0) is 18.9 Å². The summed E-state index contributed by atoms with van der Waals surface area (Å²) < 4.78 is 1.92. The van der Waals surface area contributed by atoms with E-state index in [9.17, 15) is 0 Å². The first-order valence-electron chi connectivity index (χ1n) is 6.13. The van der Waals surface area contributed by atoms with Crippen molar-refractivity contribution in [2.45, 2.75) is 38.3 Å². The molecule has 1 heterocycles. The lowest BCUT2D eigenvalue weighted by atomic mass is 10.2. The highest BCUT2D eigenvalue weighted by molar-refractivity contribution is 5.00. The Hall–Kier alpha value is -0.870. The van der Waals surface area contributed by atoms with Crippen molar-refractivity contribution in [1.82, 2.24) is 14.7 Å². The van der Waals surface area contributed by atoms with Crippen molar-refractivity contribution in [3.8, 4) is 0 Å². The van der Waals surface area contributed by atoms with Crippen LogP contribution in [0.15, 0.2) is 12.3 Å². The van der Waals surface area contributed by atoms with E-state index in [0.717, 1.165) is 13.1 Å². The largest absolute Gasteiger partial charge is 0.395 e. The van der Waals surface area contributed by atoms with Crippen molar-refractivity contribution in [2.75, 3.05) is 13.2 Å². The van der Waals surface area contributed by atoms with Gasteiger partial charge in [0.05, 0.1) is 12.3 Å². The van der Waals surface area contributed by atoms with Gasteiger partial charge >= 0.3 is 0 Å². The molecule has 1 aliphatic rings. The lowest BCUT2D eigenvalue weighted by Gasteiger charge is -2.27. The molecule has 90 valence electrons. The van der Waals surface area contributed by atoms with E-state index in [0.29, 0.717) is 6.04 Å². The zero-order valence-electron chi connectivity index (χ0n) is 9.97. The van der Waals surface area contributed by atoms with Gasteiger partial charge in [-0.25, -0.2) is 0 Å². The Morgan fingerprint density at radius 3 is 2.81 bits per heavy atom. The fourth-order valence-electron chi connectivity index (χ4n) is 2.55. The molecule has 16 heavy (non-hydrogen) atoms. The van der Waals surface area contributed by atoms with Gasteiger partial charge in [-0.1, -0.05) is 12.8 Å². The molecule has 0 aliphatic heterocycles. The van der Waals surface area contributed by atoms with Crippen LogP contribution in [0, 0.1) is 0 Å². The second-order valence-electron chi connectivity index (χ2n) is 4.58. The number of hydrogen-bond acceptors (Lipinski definition) is 3. The minimum atomic E-state index is 0.244. The zero-order chi connectivity index (χ0) is 11.4. The van der Waals surface area contributed by atoms with Gasteiger partial charge in [-0.3, -0.25) is 9.58 Å². The minimum Gasteiger partial charge on any atom is -0.395 e. The number of rotatable bonds is 5. The van der Waals surface area contributed by atoms with Crippen LogP contribution >= 0.6 is 0 Å². The lowest BCUT2D eigenvalue weighted by Crippen LogP contribution is -2.35. The van der Waals surface area contributed by atoms with E-state index < -0.39 is 0 Å². The van der Waals surface area contributed by atoms with Crippen LogP contribution in [0.3, 0.4) is 0 Å². The molecule has 1 saturated carbocycles. The monoisotopic (exact) mass is 223 g/mol. The zero-order valence-corrected chi connectivity index (χ0v) is 9.97. The molecule has 1 aromatic rings. The van der Waals surface area contributed by atoms with Gasteiger partial charge in [-0.2, -0.15) is 5.10 Å². The molecular weight excluding hydrogens is 202 g/mol. The first-order chi connectivity index (χ1) is 7.81. The Morgan fingerprint density at radius 1 is 1.50 bits per heavy atom. The number of aliphatic hydroxyl groups excluding tert-OH is 1. The molecule has 0 unspecified atom stereocenters. The number of aliphatic hydroxyl groups is 1. The Labute approximate surface area is 96.9 Å². The van der Waals surface area contributed by atoms with Crippen LogP contribution in [-0.4, -0.2) is 39.0 Å². The molecule has 0 bridgehead atoms. The highest BCUT2D eigenvalue weighted by atomic mass is 16.3. The van der Waals surface area contributed by atoms with Gasteiger partial charge in [-0.15, -0.1) is 0 Å². The van der Waals surface area contributed by atoms with Crippen LogP contribution in [0.2, 0.25) is 0 Å². The second-order valence-corrected chi connectivity index (χ2v) is 4.58. The van der Waals surface area contributed by atoms with E-state index >= 15 is 0 Å². The maximum atomic E-state index is 9.13.